The van der Waals surface area contributed by atoms with Crippen LogP contribution in [0, 0.1) is 0 Å². The van der Waals surface area contributed by atoms with Crippen molar-refractivity contribution in [1.82, 2.24) is 15.2 Å². The number of nitrogens with two attached hydrogens (primary N) is 1. The predicted octanol–water partition coefficient (Wildman–Crippen LogP) is 0.444. The molecule has 1 fully saturated rings. The molecule has 1 aromatic heterocycles. The lowest BCUT2D eigenvalue weighted by molar-refractivity contribution is 0.565. The second kappa shape index (κ2) is 3.55. The van der Waals surface area contributed by atoms with Crippen LogP contribution in [0.4, 0.5) is 11.8 Å². The molecule has 0 aliphatic carbocycles. The number of rotatable bonds is 1. The number of hydrogen-bond donors (Lipinski definition) is 1. The number of nitrogen functional groups attached to an aromatic ring is 1. The fraction of sp³-hybridized carbons (Fsp3) is 0.625. The summed E-state index contributed by atoms with van der Waals surface area (Å²) in [4.78, 5) is 6.26. The van der Waals surface area contributed by atoms with Crippen LogP contribution in [0.1, 0.15) is 19.3 Å². The fourth-order valence-corrected chi connectivity index (χ4v) is 1.53. The highest BCUT2D eigenvalue weighted by Crippen LogP contribution is 2.14. The Balaban J connectivity index is 2.14. The van der Waals surface area contributed by atoms with Crippen LogP contribution >= 0.6 is 0 Å². The second-order valence-corrected chi connectivity index (χ2v) is 3.23. The quantitative estimate of drug-likeness (QED) is 0.677. The largest absolute Gasteiger partial charge is 0.382 e. The molecule has 0 atom stereocenters. The van der Waals surface area contributed by atoms with Gasteiger partial charge in [-0.05, 0) is 19.3 Å². The van der Waals surface area contributed by atoms with E-state index < -0.39 is 0 Å². The Kier molecular flexibility index (Phi) is 2.25. The van der Waals surface area contributed by atoms with Crippen LogP contribution in [0.3, 0.4) is 0 Å². The molecule has 0 bridgehead atoms. The van der Waals surface area contributed by atoms with Gasteiger partial charge < -0.3 is 10.6 Å². The van der Waals surface area contributed by atoms with E-state index in [1.807, 2.05) is 0 Å². The van der Waals surface area contributed by atoms with Crippen LogP contribution in [0.25, 0.3) is 0 Å². The smallest absolute Gasteiger partial charge is 0.247 e. The van der Waals surface area contributed by atoms with Crippen LogP contribution < -0.4 is 10.6 Å². The summed E-state index contributed by atoms with van der Waals surface area (Å²) >= 11 is 0. The Morgan fingerprint density at radius 2 is 2.00 bits per heavy atom. The Hall–Kier alpha value is -1.39. The summed E-state index contributed by atoms with van der Waals surface area (Å²) < 4.78 is 0. The zero-order valence-electron chi connectivity index (χ0n) is 7.48. The second-order valence-electron chi connectivity index (χ2n) is 3.23. The normalized spacial score (nSPS) is 17.4. The van der Waals surface area contributed by atoms with Gasteiger partial charge in [-0.1, -0.05) is 0 Å². The first-order chi connectivity index (χ1) is 6.36. The first-order valence-electron chi connectivity index (χ1n) is 4.56. The van der Waals surface area contributed by atoms with E-state index in [0.717, 1.165) is 13.1 Å². The summed E-state index contributed by atoms with van der Waals surface area (Å²) in [6.07, 6.45) is 5.18. The Morgan fingerprint density at radius 1 is 1.23 bits per heavy atom. The number of anilines is 2. The maximum Gasteiger partial charge on any atom is 0.247 e. The lowest BCUT2D eigenvalue weighted by Gasteiger charge is -2.25. The highest BCUT2D eigenvalue weighted by atomic mass is 15.3. The fourth-order valence-electron chi connectivity index (χ4n) is 1.53. The van der Waals surface area contributed by atoms with Crippen LogP contribution in [-0.2, 0) is 0 Å². The highest BCUT2D eigenvalue weighted by Gasteiger charge is 2.13. The van der Waals surface area contributed by atoms with E-state index in [-0.39, 0.29) is 0 Å². The van der Waals surface area contributed by atoms with Gasteiger partial charge in [0, 0.05) is 13.1 Å². The zero-order valence-corrected chi connectivity index (χ0v) is 7.48. The minimum Gasteiger partial charge on any atom is -0.382 e. The van der Waals surface area contributed by atoms with Crippen molar-refractivity contribution in [2.24, 2.45) is 0 Å². The van der Waals surface area contributed by atoms with Gasteiger partial charge in [0.25, 0.3) is 0 Å². The summed E-state index contributed by atoms with van der Waals surface area (Å²) in [5.74, 6) is 1.11. The summed E-state index contributed by atoms with van der Waals surface area (Å²) in [6, 6.07) is 0. The molecule has 1 aliphatic heterocycles. The molecule has 0 unspecified atom stereocenters. The molecular formula is C8H13N5. The zero-order chi connectivity index (χ0) is 9.10. The molecule has 1 aromatic rings. The van der Waals surface area contributed by atoms with E-state index in [1.165, 1.54) is 25.5 Å². The minimum absolute atomic E-state index is 0.440. The van der Waals surface area contributed by atoms with Crippen LogP contribution in [0.15, 0.2) is 6.20 Å². The van der Waals surface area contributed by atoms with Gasteiger partial charge in [0.1, 0.15) is 5.82 Å². The number of nitrogens with zero attached hydrogens (tertiary/aromatic N) is 4. The van der Waals surface area contributed by atoms with Crippen molar-refractivity contribution in [2.45, 2.75) is 19.3 Å². The van der Waals surface area contributed by atoms with Gasteiger partial charge in [-0.2, -0.15) is 10.1 Å². The average Bonchev–Trinajstić information content (AvgIpc) is 2.19. The molecule has 2 heterocycles. The van der Waals surface area contributed by atoms with E-state index in [1.54, 1.807) is 0 Å². The molecule has 5 heteroatoms. The van der Waals surface area contributed by atoms with Gasteiger partial charge in [0.15, 0.2) is 0 Å². The molecule has 0 radical (unpaired) electrons. The van der Waals surface area contributed by atoms with Crippen molar-refractivity contribution in [3.8, 4) is 0 Å². The molecule has 0 saturated carbocycles. The molecule has 2 rings (SSSR count). The average molecular weight is 179 g/mol. The molecule has 0 spiro atoms. The third-order valence-electron chi connectivity index (χ3n) is 2.21. The summed E-state index contributed by atoms with van der Waals surface area (Å²) in [7, 11) is 0. The van der Waals surface area contributed by atoms with Crippen molar-refractivity contribution >= 4 is 11.8 Å². The first kappa shape index (κ1) is 8.22. The Bertz CT molecular complexity index is 282. The summed E-state index contributed by atoms with van der Waals surface area (Å²) in [6.45, 7) is 2.04. The van der Waals surface area contributed by atoms with Gasteiger partial charge in [-0.25, -0.2) is 0 Å². The SMILES string of the molecule is Nc1cnnc(N2CCCCC2)n1. The highest BCUT2D eigenvalue weighted by molar-refractivity contribution is 5.35. The maximum absolute atomic E-state index is 5.52. The van der Waals surface area contributed by atoms with E-state index in [4.69, 9.17) is 5.73 Å². The van der Waals surface area contributed by atoms with Gasteiger partial charge >= 0.3 is 0 Å². The van der Waals surface area contributed by atoms with Crippen molar-refractivity contribution in [2.75, 3.05) is 23.7 Å². The Labute approximate surface area is 77.0 Å². The lowest BCUT2D eigenvalue weighted by Crippen LogP contribution is -2.31. The molecule has 1 saturated heterocycles. The number of piperidine rings is 1. The van der Waals surface area contributed by atoms with Crippen molar-refractivity contribution in [3.63, 3.8) is 0 Å². The summed E-state index contributed by atoms with van der Waals surface area (Å²) in [5, 5.41) is 7.73. The van der Waals surface area contributed by atoms with Crippen LogP contribution in [-0.4, -0.2) is 28.3 Å². The van der Waals surface area contributed by atoms with Crippen LogP contribution in [0.5, 0.6) is 0 Å². The standard InChI is InChI=1S/C8H13N5/c9-7-6-10-12-8(11-7)13-4-2-1-3-5-13/h6H,1-5H2,(H2,9,11,12). The predicted molar refractivity (Wildman–Crippen MR) is 50.3 cm³/mol. The third kappa shape index (κ3) is 1.85. The first-order valence-corrected chi connectivity index (χ1v) is 4.56. The molecule has 70 valence electrons. The molecule has 2 N–H and O–H groups in total. The van der Waals surface area contributed by atoms with Crippen molar-refractivity contribution in [3.05, 3.63) is 6.20 Å². The third-order valence-corrected chi connectivity index (χ3v) is 2.21. The van der Waals surface area contributed by atoms with Gasteiger partial charge in [-0.15, -0.1) is 5.10 Å². The monoisotopic (exact) mass is 179 g/mol. The summed E-state index contributed by atoms with van der Waals surface area (Å²) in [5.41, 5.74) is 5.52. The molecule has 0 aromatic carbocycles. The molecule has 1 aliphatic rings. The van der Waals surface area contributed by atoms with E-state index >= 15 is 0 Å². The molecule has 13 heavy (non-hydrogen) atoms. The Morgan fingerprint density at radius 3 is 2.69 bits per heavy atom. The van der Waals surface area contributed by atoms with Gasteiger partial charge in [0.2, 0.25) is 5.95 Å². The topological polar surface area (TPSA) is 67.9 Å². The lowest BCUT2D eigenvalue weighted by atomic mass is 10.1. The number of hydrogen-bond acceptors (Lipinski definition) is 5. The molecule has 5 nitrogen and oxygen atoms in total. The van der Waals surface area contributed by atoms with Crippen molar-refractivity contribution < 1.29 is 0 Å². The van der Waals surface area contributed by atoms with Crippen LogP contribution in [0.2, 0.25) is 0 Å². The molecule has 0 amide bonds. The maximum atomic E-state index is 5.52. The minimum atomic E-state index is 0.440. The van der Waals surface area contributed by atoms with Crippen molar-refractivity contribution in [1.29, 1.82) is 0 Å². The van der Waals surface area contributed by atoms with E-state index in [2.05, 4.69) is 20.1 Å². The van der Waals surface area contributed by atoms with Gasteiger partial charge in [0.05, 0.1) is 6.20 Å². The van der Waals surface area contributed by atoms with E-state index in [9.17, 15) is 0 Å². The van der Waals surface area contributed by atoms with E-state index in [0.29, 0.717) is 11.8 Å². The van der Waals surface area contributed by atoms with Gasteiger partial charge in [-0.3, -0.25) is 0 Å². The molecular weight excluding hydrogens is 166 g/mol. The number of aromatic nitrogens is 3.